The summed E-state index contributed by atoms with van der Waals surface area (Å²) in [6.07, 6.45) is 5.04. The molecule has 0 aromatic heterocycles. The van der Waals surface area contributed by atoms with E-state index in [0.29, 0.717) is 91.1 Å². The van der Waals surface area contributed by atoms with Crippen LogP contribution in [0.15, 0.2) is 0 Å². The molecule has 56 heavy (non-hydrogen) atoms. The van der Waals surface area contributed by atoms with Gasteiger partial charge in [0.05, 0.1) is 111 Å². The number of carbonyl (C=O) groups excluding carboxylic acids is 4. The highest BCUT2D eigenvalue weighted by Gasteiger charge is 2.17. The molecule has 0 heterocycles. The molecule has 14 nitrogen and oxygen atoms in total. The molecule has 4 amide bonds. The molecule has 0 aromatic rings. The van der Waals surface area contributed by atoms with Crippen LogP contribution in [0.1, 0.15) is 51.4 Å². The minimum atomic E-state index is 0. The molecule has 0 saturated heterocycles. The largest absolute Gasteiger partial charge is 1.00 e. The van der Waals surface area contributed by atoms with Crippen molar-refractivity contribution in [2.24, 2.45) is 0 Å². The van der Waals surface area contributed by atoms with E-state index in [-0.39, 0.29) is 73.3 Å². The van der Waals surface area contributed by atoms with E-state index in [9.17, 15) is 19.2 Å². The van der Waals surface area contributed by atoms with E-state index < -0.39 is 0 Å². The Labute approximate surface area is 367 Å². The number of nitrogens with one attached hydrogen (secondary N) is 4. The fourth-order valence-corrected chi connectivity index (χ4v) is 5.47. The van der Waals surface area contributed by atoms with Crippen molar-refractivity contribution in [3.8, 4) is 0 Å². The number of hydrogen-bond acceptors (Lipinski definition) is 6. The Bertz CT molecular complexity index is 878. The first-order valence-corrected chi connectivity index (χ1v) is 19.7. The van der Waals surface area contributed by atoms with Gasteiger partial charge in [-0.05, 0) is 0 Å². The lowest BCUT2D eigenvalue weighted by atomic mass is 10.2. The van der Waals surface area contributed by atoms with Crippen molar-refractivity contribution in [2.75, 3.05) is 176 Å². The highest BCUT2D eigenvalue weighted by Crippen LogP contribution is 2.02. The van der Waals surface area contributed by atoms with Crippen LogP contribution in [0, 0.1) is 0 Å². The van der Waals surface area contributed by atoms with Crippen molar-refractivity contribution in [3.05, 3.63) is 0 Å². The fourth-order valence-electron chi connectivity index (χ4n) is 5.47. The van der Waals surface area contributed by atoms with E-state index >= 15 is 0 Å². The first kappa shape index (κ1) is 64.0. The van der Waals surface area contributed by atoms with Crippen LogP contribution in [0.25, 0.3) is 0 Å². The maximum atomic E-state index is 12.8. The molecule has 0 spiro atoms. The summed E-state index contributed by atoms with van der Waals surface area (Å²) in [6, 6.07) is 0. The standard InChI is InChI=1S/C38H80N10O4.4ClH/c1-45(2,3)31-13-21-39-35(49)17-25-43(26-18-36(50)40-22-14-32-46(4,5)6)29-30-44(27-19-37(51)41-23-15-33-47(7,8)9)28-20-38(52)42-24-16-34-48(10,11)12;;;;/h13-34H2,1-12H3;4*1H. The third kappa shape index (κ3) is 45.5. The summed E-state index contributed by atoms with van der Waals surface area (Å²) < 4.78 is 3.42. The Hall–Kier alpha value is -1.20. The van der Waals surface area contributed by atoms with Gasteiger partial charge in [-0.15, -0.1) is 0 Å². The zero-order valence-corrected chi connectivity index (χ0v) is 40.4. The second kappa shape index (κ2) is 33.6. The van der Waals surface area contributed by atoms with Gasteiger partial charge in [-0.3, -0.25) is 19.2 Å². The molecular formula is C38H84Cl4N10O4. The third-order valence-corrected chi connectivity index (χ3v) is 8.66. The summed E-state index contributed by atoms with van der Waals surface area (Å²) in [4.78, 5) is 55.4. The average Bonchev–Trinajstić information content (AvgIpc) is 3.00. The van der Waals surface area contributed by atoms with Crippen LogP contribution in [0.2, 0.25) is 0 Å². The average molecular weight is 887 g/mol. The molecule has 0 aliphatic heterocycles. The lowest BCUT2D eigenvalue weighted by molar-refractivity contribution is -0.870. The molecule has 18 heteroatoms. The van der Waals surface area contributed by atoms with Crippen LogP contribution in [0.4, 0.5) is 0 Å². The highest BCUT2D eigenvalue weighted by molar-refractivity contribution is 5.77. The van der Waals surface area contributed by atoms with Crippen molar-refractivity contribution in [2.45, 2.75) is 51.4 Å². The number of carbonyl (C=O) groups is 4. The predicted octanol–water partition coefficient (Wildman–Crippen LogP) is -12.0. The van der Waals surface area contributed by atoms with Gasteiger partial charge in [0.25, 0.3) is 0 Å². The molecular weight excluding hydrogens is 802 g/mol. The summed E-state index contributed by atoms with van der Waals surface area (Å²) in [5, 5.41) is 12.2. The molecule has 0 unspecified atom stereocenters. The minimum absolute atomic E-state index is 0. The van der Waals surface area contributed by atoms with Crippen molar-refractivity contribution < 1.29 is 86.7 Å². The van der Waals surface area contributed by atoms with Crippen LogP contribution in [-0.2, 0) is 19.2 Å². The lowest BCUT2D eigenvalue weighted by Gasteiger charge is -2.28. The second-order valence-electron chi connectivity index (χ2n) is 18.6. The van der Waals surface area contributed by atoms with Gasteiger partial charge < -0.3 is 98.6 Å². The molecule has 0 radical (unpaired) electrons. The van der Waals surface area contributed by atoms with Gasteiger partial charge >= 0.3 is 0 Å². The predicted molar refractivity (Wildman–Crippen MR) is 213 cm³/mol. The molecule has 0 aliphatic rings. The maximum absolute atomic E-state index is 12.8. The summed E-state index contributed by atoms with van der Waals surface area (Å²) in [5.41, 5.74) is 0. The van der Waals surface area contributed by atoms with Gasteiger partial charge in [-0.2, -0.15) is 0 Å². The van der Waals surface area contributed by atoms with Crippen molar-refractivity contribution in [1.82, 2.24) is 31.1 Å². The number of hydrogen-bond donors (Lipinski definition) is 4. The van der Waals surface area contributed by atoms with Gasteiger partial charge in [-0.25, -0.2) is 0 Å². The van der Waals surface area contributed by atoms with Crippen LogP contribution in [0.3, 0.4) is 0 Å². The fraction of sp³-hybridized carbons (Fsp3) is 0.895. The van der Waals surface area contributed by atoms with Gasteiger partial charge in [0.15, 0.2) is 0 Å². The number of amides is 4. The minimum Gasteiger partial charge on any atom is -1.00 e. The molecule has 338 valence electrons. The molecule has 0 atom stereocenters. The van der Waals surface area contributed by atoms with Crippen molar-refractivity contribution >= 4 is 23.6 Å². The number of nitrogens with zero attached hydrogens (tertiary/aromatic N) is 6. The zero-order chi connectivity index (χ0) is 39.8. The third-order valence-electron chi connectivity index (χ3n) is 8.66. The van der Waals surface area contributed by atoms with Gasteiger partial charge in [-0.1, -0.05) is 0 Å². The van der Waals surface area contributed by atoms with Crippen LogP contribution in [0.5, 0.6) is 0 Å². The number of halogens is 4. The summed E-state index contributed by atoms with van der Waals surface area (Å²) in [5.74, 6) is 0.0440. The van der Waals surface area contributed by atoms with Crippen LogP contribution in [-0.4, -0.2) is 228 Å². The number of rotatable bonds is 31. The SMILES string of the molecule is C[N+](C)(C)CCCNC(=O)CCN(CCC(=O)NCCC[N+](C)(C)C)CCN(CCC(=O)NCCC[N+](C)(C)C)CCC(=O)NCCC[N+](C)(C)C.[Cl-].[Cl-].[Cl-].[Cl-]. The van der Waals surface area contributed by atoms with Gasteiger partial charge in [0.2, 0.25) is 23.6 Å². The van der Waals surface area contributed by atoms with Crippen LogP contribution < -0.4 is 70.9 Å². The molecule has 0 fully saturated rings. The topological polar surface area (TPSA) is 123 Å². The van der Waals surface area contributed by atoms with Gasteiger partial charge in [0.1, 0.15) is 0 Å². The summed E-state index contributed by atoms with van der Waals surface area (Å²) in [6.45, 7) is 9.88. The van der Waals surface area contributed by atoms with Crippen molar-refractivity contribution in [3.63, 3.8) is 0 Å². The van der Waals surface area contributed by atoms with E-state index in [1.807, 2.05) is 0 Å². The maximum Gasteiger partial charge on any atom is 0.221 e. The quantitative estimate of drug-likeness (QED) is 0.0406. The molecule has 0 aromatic carbocycles. The molecule has 4 N–H and O–H groups in total. The van der Waals surface area contributed by atoms with Crippen LogP contribution >= 0.6 is 0 Å². The lowest BCUT2D eigenvalue weighted by Crippen LogP contribution is -3.00. The molecule has 0 saturated carbocycles. The number of quaternary nitrogens is 4. The smallest absolute Gasteiger partial charge is 0.221 e. The first-order valence-electron chi connectivity index (χ1n) is 19.7. The normalized spacial score (nSPS) is 11.8. The molecule has 0 aliphatic carbocycles. The Morgan fingerprint density at radius 1 is 0.339 bits per heavy atom. The molecule has 0 bridgehead atoms. The Balaban J connectivity index is -0.00000217. The molecule has 0 rings (SSSR count). The monoisotopic (exact) mass is 885 g/mol. The van der Waals surface area contributed by atoms with E-state index in [1.54, 1.807) is 0 Å². The first-order chi connectivity index (χ1) is 23.9. The van der Waals surface area contributed by atoms with Crippen molar-refractivity contribution in [1.29, 1.82) is 0 Å². The van der Waals surface area contributed by atoms with E-state index in [2.05, 4.69) is 116 Å². The second-order valence-corrected chi connectivity index (χ2v) is 18.6. The Morgan fingerprint density at radius 3 is 0.679 bits per heavy atom. The summed E-state index contributed by atoms with van der Waals surface area (Å²) >= 11 is 0. The summed E-state index contributed by atoms with van der Waals surface area (Å²) in [7, 11) is 25.7. The Kier molecular flexibility index (Phi) is 38.4. The van der Waals surface area contributed by atoms with E-state index in [0.717, 1.165) is 69.8 Å². The zero-order valence-electron chi connectivity index (χ0n) is 37.4. The van der Waals surface area contributed by atoms with Gasteiger partial charge in [0, 0.05) is 117 Å². The highest BCUT2D eigenvalue weighted by atomic mass is 35.5. The van der Waals surface area contributed by atoms with E-state index in [1.165, 1.54) is 0 Å². The Morgan fingerprint density at radius 2 is 0.518 bits per heavy atom. The van der Waals surface area contributed by atoms with E-state index in [4.69, 9.17) is 0 Å².